The van der Waals surface area contributed by atoms with Gasteiger partial charge in [0.1, 0.15) is 5.84 Å². The number of amidine groups is 1. The number of nitrogens with zero attached hydrogens (tertiary/aromatic N) is 2. The number of hydrogen-bond donors (Lipinski definition) is 2. The molecule has 2 aliphatic rings. The highest BCUT2D eigenvalue weighted by Gasteiger charge is 2.39. The van der Waals surface area contributed by atoms with E-state index in [1.807, 2.05) is 0 Å². The first kappa shape index (κ1) is 9.93. The molecule has 14 heavy (non-hydrogen) atoms. The number of aliphatic hydroxyl groups excluding tert-OH is 1. The molecule has 0 aromatic heterocycles. The quantitative estimate of drug-likeness (QED) is 0.638. The SMILES string of the molecule is CN1CCN=C1C1(CO)CCNCC1. The molecule has 0 aliphatic carbocycles. The first-order valence-corrected chi connectivity index (χ1v) is 5.36. The molecule has 0 unspecified atom stereocenters. The molecule has 2 rings (SSSR count). The summed E-state index contributed by atoms with van der Waals surface area (Å²) in [7, 11) is 2.07. The lowest BCUT2D eigenvalue weighted by atomic mass is 9.78. The molecule has 2 N–H and O–H groups in total. The molecule has 0 atom stereocenters. The molecule has 1 fully saturated rings. The average molecular weight is 197 g/mol. The second-order valence-corrected chi connectivity index (χ2v) is 4.32. The highest BCUT2D eigenvalue weighted by Crippen LogP contribution is 2.32. The van der Waals surface area contributed by atoms with Gasteiger partial charge in [-0.3, -0.25) is 4.99 Å². The largest absolute Gasteiger partial charge is 0.395 e. The first-order valence-electron chi connectivity index (χ1n) is 5.36. The highest BCUT2D eigenvalue weighted by atomic mass is 16.3. The Balaban J connectivity index is 2.17. The van der Waals surface area contributed by atoms with Crippen molar-refractivity contribution in [2.75, 3.05) is 39.8 Å². The summed E-state index contributed by atoms with van der Waals surface area (Å²) in [5.41, 5.74) is -0.0590. The monoisotopic (exact) mass is 197 g/mol. The van der Waals surface area contributed by atoms with Crippen molar-refractivity contribution < 1.29 is 5.11 Å². The number of aliphatic hydroxyl groups is 1. The lowest BCUT2D eigenvalue weighted by molar-refractivity contribution is 0.141. The molecule has 0 saturated carbocycles. The maximum atomic E-state index is 9.58. The molecule has 2 heterocycles. The molecule has 4 heteroatoms. The Morgan fingerprint density at radius 2 is 2.21 bits per heavy atom. The van der Waals surface area contributed by atoms with Gasteiger partial charge < -0.3 is 15.3 Å². The van der Waals surface area contributed by atoms with Crippen molar-refractivity contribution in [3.05, 3.63) is 0 Å². The Morgan fingerprint density at radius 3 is 2.71 bits per heavy atom. The standard InChI is InChI=1S/C10H19N3O/c1-13-7-6-12-9(13)10(8-14)2-4-11-5-3-10/h11,14H,2-8H2,1H3. The minimum Gasteiger partial charge on any atom is -0.395 e. The van der Waals surface area contributed by atoms with Crippen LogP contribution in [0.2, 0.25) is 0 Å². The summed E-state index contributed by atoms with van der Waals surface area (Å²) in [6, 6.07) is 0. The van der Waals surface area contributed by atoms with Crippen molar-refractivity contribution >= 4 is 5.84 Å². The van der Waals surface area contributed by atoms with Crippen LogP contribution in [0.5, 0.6) is 0 Å². The van der Waals surface area contributed by atoms with E-state index in [2.05, 4.69) is 22.3 Å². The van der Waals surface area contributed by atoms with Gasteiger partial charge in [0.2, 0.25) is 0 Å². The summed E-state index contributed by atoms with van der Waals surface area (Å²) >= 11 is 0. The minimum atomic E-state index is -0.0590. The smallest absolute Gasteiger partial charge is 0.107 e. The van der Waals surface area contributed by atoms with Gasteiger partial charge in [-0.15, -0.1) is 0 Å². The van der Waals surface area contributed by atoms with Crippen LogP contribution in [-0.4, -0.2) is 55.7 Å². The van der Waals surface area contributed by atoms with Gasteiger partial charge in [-0.2, -0.15) is 0 Å². The van der Waals surface area contributed by atoms with E-state index in [9.17, 15) is 5.11 Å². The fourth-order valence-corrected chi connectivity index (χ4v) is 2.46. The van der Waals surface area contributed by atoms with E-state index in [1.54, 1.807) is 0 Å². The van der Waals surface area contributed by atoms with E-state index < -0.39 is 0 Å². The molecule has 0 aromatic carbocycles. The van der Waals surface area contributed by atoms with Crippen LogP contribution in [0.15, 0.2) is 4.99 Å². The van der Waals surface area contributed by atoms with Crippen molar-refractivity contribution in [2.45, 2.75) is 12.8 Å². The van der Waals surface area contributed by atoms with Crippen LogP contribution in [0.3, 0.4) is 0 Å². The van der Waals surface area contributed by atoms with Gasteiger partial charge in [0.05, 0.1) is 18.6 Å². The van der Waals surface area contributed by atoms with E-state index in [4.69, 9.17) is 0 Å². The maximum Gasteiger partial charge on any atom is 0.107 e. The fraction of sp³-hybridized carbons (Fsp3) is 0.900. The molecule has 0 aromatic rings. The lowest BCUT2D eigenvalue weighted by Gasteiger charge is -2.38. The van der Waals surface area contributed by atoms with E-state index in [-0.39, 0.29) is 12.0 Å². The molecule has 0 spiro atoms. The van der Waals surface area contributed by atoms with Crippen molar-refractivity contribution in [1.82, 2.24) is 10.2 Å². The Bertz CT molecular complexity index is 234. The van der Waals surface area contributed by atoms with Gasteiger partial charge in [0.25, 0.3) is 0 Å². The molecule has 0 bridgehead atoms. The van der Waals surface area contributed by atoms with Gasteiger partial charge in [0, 0.05) is 13.6 Å². The van der Waals surface area contributed by atoms with Crippen LogP contribution in [-0.2, 0) is 0 Å². The number of hydrogen-bond acceptors (Lipinski definition) is 4. The van der Waals surface area contributed by atoms with Crippen LogP contribution in [0.25, 0.3) is 0 Å². The Kier molecular flexibility index (Phi) is 2.74. The third kappa shape index (κ3) is 1.53. The zero-order valence-corrected chi connectivity index (χ0v) is 8.79. The van der Waals surface area contributed by atoms with Gasteiger partial charge in [-0.1, -0.05) is 0 Å². The number of rotatable bonds is 2. The summed E-state index contributed by atoms with van der Waals surface area (Å²) in [5, 5.41) is 12.9. The Morgan fingerprint density at radius 1 is 1.50 bits per heavy atom. The Hall–Kier alpha value is -0.610. The topological polar surface area (TPSA) is 47.9 Å². The van der Waals surface area contributed by atoms with Crippen molar-refractivity contribution in [3.8, 4) is 0 Å². The van der Waals surface area contributed by atoms with E-state index >= 15 is 0 Å². The second-order valence-electron chi connectivity index (χ2n) is 4.32. The molecule has 2 aliphatic heterocycles. The number of aliphatic imine (C=N–C) groups is 1. The maximum absolute atomic E-state index is 9.58. The molecular weight excluding hydrogens is 178 g/mol. The van der Waals surface area contributed by atoms with Crippen LogP contribution < -0.4 is 5.32 Å². The molecule has 0 amide bonds. The molecule has 4 nitrogen and oxygen atoms in total. The highest BCUT2D eigenvalue weighted by molar-refractivity contribution is 5.89. The zero-order valence-electron chi connectivity index (χ0n) is 8.79. The normalized spacial score (nSPS) is 26.4. The van der Waals surface area contributed by atoms with Gasteiger partial charge in [-0.25, -0.2) is 0 Å². The second kappa shape index (κ2) is 3.87. The molecular formula is C10H19N3O. The molecule has 0 radical (unpaired) electrons. The van der Waals surface area contributed by atoms with Crippen LogP contribution >= 0.6 is 0 Å². The fourth-order valence-electron chi connectivity index (χ4n) is 2.46. The molecule has 1 saturated heterocycles. The third-order valence-corrected chi connectivity index (χ3v) is 3.40. The number of nitrogens with one attached hydrogen (secondary N) is 1. The van der Waals surface area contributed by atoms with Gasteiger partial charge in [-0.05, 0) is 25.9 Å². The van der Waals surface area contributed by atoms with Crippen LogP contribution in [0, 0.1) is 5.41 Å². The van der Waals surface area contributed by atoms with Crippen molar-refractivity contribution in [3.63, 3.8) is 0 Å². The summed E-state index contributed by atoms with van der Waals surface area (Å²) in [6.45, 7) is 4.12. The minimum absolute atomic E-state index is 0.0590. The van der Waals surface area contributed by atoms with Gasteiger partial charge >= 0.3 is 0 Å². The van der Waals surface area contributed by atoms with Gasteiger partial charge in [0.15, 0.2) is 0 Å². The summed E-state index contributed by atoms with van der Waals surface area (Å²) in [4.78, 5) is 6.73. The predicted molar refractivity (Wildman–Crippen MR) is 56.6 cm³/mol. The van der Waals surface area contributed by atoms with Crippen molar-refractivity contribution in [2.24, 2.45) is 10.4 Å². The predicted octanol–water partition coefficient (Wildman–Crippen LogP) is -0.308. The van der Waals surface area contributed by atoms with Crippen LogP contribution in [0.1, 0.15) is 12.8 Å². The first-order chi connectivity index (χ1) is 6.78. The lowest BCUT2D eigenvalue weighted by Crippen LogP contribution is -2.48. The van der Waals surface area contributed by atoms with Crippen molar-refractivity contribution in [1.29, 1.82) is 0 Å². The Labute approximate surface area is 85.0 Å². The van der Waals surface area contributed by atoms with E-state index in [0.717, 1.165) is 44.9 Å². The summed E-state index contributed by atoms with van der Waals surface area (Å²) in [6.07, 6.45) is 2.01. The average Bonchev–Trinajstić information content (AvgIpc) is 2.66. The summed E-state index contributed by atoms with van der Waals surface area (Å²) in [5.74, 6) is 1.13. The third-order valence-electron chi connectivity index (χ3n) is 3.40. The van der Waals surface area contributed by atoms with E-state index in [0.29, 0.717) is 0 Å². The molecule has 80 valence electrons. The zero-order chi connectivity index (χ0) is 10.0. The van der Waals surface area contributed by atoms with E-state index in [1.165, 1.54) is 0 Å². The number of piperidine rings is 1. The number of likely N-dealkylation sites (N-methyl/N-ethyl adjacent to an activating group) is 1. The summed E-state index contributed by atoms with van der Waals surface area (Å²) < 4.78 is 0. The van der Waals surface area contributed by atoms with Crippen LogP contribution in [0.4, 0.5) is 0 Å².